The Labute approximate surface area is 170 Å². The summed E-state index contributed by atoms with van der Waals surface area (Å²) < 4.78 is 18.6. The lowest BCUT2D eigenvalue weighted by atomic mass is 10.2. The summed E-state index contributed by atoms with van der Waals surface area (Å²) in [5.41, 5.74) is 1.67. The minimum absolute atomic E-state index is 0.136. The molecule has 148 valence electrons. The first kappa shape index (κ1) is 18.1. The van der Waals surface area contributed by atoms with Gasteiger partial charge >= 0.3 is 0 Å². The third-order valence-electron chi connectivity index (χ3n) is 5.22. The Morgan fingerprint density at radius 3 is 2.66 bits per heavy atom. The van der Waals surface area contributed by atoms with Crippen LogP contribution in [0.5, 0.6) is 0 Å². The van der Waals surface area contributed by atoms with Gasteiger partial charge in [0.25, 0.3) is 5.56 Å². The Morgan fingerprint density at radius 1 is 1.14 bits per heavy atom. The van der Waals surface area contributed by atoms with E-state index in [1.165, 1.54) is 23.5 Å². The molecule has 3 aromatic heterocycles. The molecule has 0 atom stereocenters. The molecule has 0 saturated carbocycles. The first-order chi connectivity index (χ1) is 14.2. The number of rotatable bonds is 4. The SMILES string of the molecule is O=c1[nH]c(CN2CCN(c3ccc(F)cc3)CC2)nc2scc(-c3ccco3)c12. The van der Waals surface area contributed by atoms with Gasteiger partial charge in [0.05, 0.1) is 18.2 Å². The molecule has 1 aliphatic heterocycles. The minimum atomic E-state index is -0.221. The second-order valence-corrected chi connectivity index (χ2v) is 7.92. The van der Waals surface area contributed by atoms with Crippen molar-refractivity contribution in [1.82, 2.24) is 14.9 Å². The molecule has 4 heterocycles. The van der Waals surface area contributed by atoms with Gasteiger partial charge in [0, 0.05) is 42.8 Å². The van der Waals surface area contributed by atoms with Crippen molar-refractivity contribution < 1.29 is 8.81 Å². The predicted octanol–water partition coefficient (Wildman–Crippen LogP) is 3.71. The van der Waals surface area contributed by atoms with Gasteiger partial charge in [0.15, 0.2) is 0 Å². The quantitative estimate of drug-likeness (QED) is 0.556. The van der Waals surface area contributed by atoms with Crippen LogP contribution >= 0.6 is 11.3 Å². The molecule has 0 unspecified atom stereocenters. The molecule has 0 aliphatic carbocycles. The van der Waals surface area contributed by atoms with E-state index in [2.05, 4.69) is 19.8 Å². The number of anilines is 1. The molecule has 6 nitrogen and oxygen atoms in total. The zero-order valence-corrected chi connectivity index (χ0v) is 16.4. The van der Waals surface area contributed by atoms with Gasteiger partial charge in [-0.2, -0.15) is 0 Å². The highest BCUT2D eigenvalue weighted by atomic mass is 32.1. The van der Waals surface area contributed by atoms with Gasteiger partial charge in [-0.15, -0.1) is 11.3 Å². The van der Waals surface area contributed by atoms with Crippen LogP contribution in [0, 0.1) is 5.82 Å². The topological polar surface area (TPSA) is 65.4 Å². The molecule has 0 amide bonds. The van der Waals surface area contributed by atoms with Crippen LogP contribution in [0.1, 0.15) is 5.82 Å². The summed E-state index contributed by atoms with van der Waals surface area (Å²) in [6.07, 6.45) is 1.60. The molecule has 1 N–H and O–H groups in total. The lowest BCUT2D eigenvalue weighted by Gasteiger charge is -2.35. The minimum Gasteiger partial charge on any atom is -0.464 e. The number of furan rings is 1. The molecule has 1 aliphatic rings. The number of thiophene rings is 1. The molecule has 1 saturated heterocycles. The number of aromatic nitrogens is 2. The summed E-state index contributed by atoms with van der Waals surface area (Å²) in [7, 11) is 0. The molecule has 0 spiro atoms. The Bertz CT molecular complexity index is 1180. The highest BCUT2D eigenvalue weighted by Gasteiger charge is 2.20. The van der Waals surface area contributed by atoms with Crippen LogP contribution in [0.15, 0.2) is 57.3 Å². The van der Waals surface area contributed by atoms with Gasteiger partial charge in [0.1, 0.15) is 22.2 Å². The first-order valence-electron chi connectivity index (χ1n) is 9.44. The Kier molecular flexibility index (Phi) is 4.65. The molecule has 29 heavy (non-hydrogen) atoms. The third-order valence-corrected chi connectivity index (χ3v) is 6.09. The zero-order valence-electron chi connectivity index (χ0n) is 15.6. The van der Waals surface area contributed by atoms with Crippen molar-refractivity contribution >= 4 is 27.2 Å². The standard InChI is InChI=1S/C21H19FN4O2S/c22-14-3-5-15(6-4-14)26-9-7-25(8-10-26)12-18-23-20(27)19-16(13-29-21(19)24-18)17-2-1-11-28-17/h1-6,11,13H,7-10,12H2,(H,23,24,27). The number of piperazine rings is 1. The van der Waals surface area contributed by atoms with Crippen LogP contribution in [-0.2, 0) is 6.54 Å². The van der Waals surface area contributed by atoms with E-state index >= 15 is 0 Å². The highest BCUT2D eigenvalue weighted by Crippen LogP contribution is 2.31. The molecule has 1 fully saturated rings. The second kappa shape index (κ2) is 7.46. The summed E-state index contributed by atoms with van der Waals surface area (Å²) in [5.74, 6) is 1.13. The van der Waals surface area contributed by atoms with E-state index in [-0.39, 0.29) is 11.4 Å². The monoisotopic (exact) mass is 410 g/mol. The van der Waals surface area contributed by atoms with Gasteiger partial charge in [-0.3, -0.25) is 9.69 Å². The number of fused-ring (bicyclic) bond motifs is 1. The van der Waals surface area contributed by atoms with Crippen molar-refractivity contribution in [3.63, 3.8) is 0 Å². The van der Waals surface area contributed by atoms with Gasteiger partial charge in [-0.1, -0.05) is 0 Å². The lowest BCUT2D eigenvalue weighted by Crippen LogP contribution is -2.46. The van der Waals surface area contributed by atoms with Crippen LogP contribution < -0.4 is 10.5 Å². The van der Waals surface area contributed by atoms with Gasteiger partial charge < -0.3 is 14.3 Å². The fraction of sp³-hybridized carbons (Fsp3) is 0.238. The van der Waals surface area contributed by atoms with Crippen LogP contribution in [0.4, 0.5) is 10.1 Å². The van der Waals surface area contributed by atoms with Crippen molar-refractivity contribution in [3.8, 4) is 11.3 Å². The van der Waals surface area contributed by atoms with Crippen molar-refractivity contribution in [2.24, 2.45) is 0 Å². The van der Waals surface area contributed by atoms with E-state index in [9.17, 15) is 9.18 Å². The van der Waals surface area contributed by atoms with E-state index in [0.717, 1.165) is 42.3 Å². The van der Waals surface area contributed by atoms with E-state index in [0.29, 0.717) is 23.5 Å². The van der Waals surface area contributed by atoms with Crippen molar-refractivity contribution in [3.05, 3.63) is 70.0 Å². The number of benzene rings is 1. The number of aromatic amines is 1. The van der Waals surface area contributed by atoms with Gasteiger partial charge in [0.2, 0.25) is 0 Å². The van der Waals surface area contributed by atoms with Crippen LogP contribution in [0.2, 0.25) is 0 Å². The van der Waals surface area contributed by atoms with Crippen molar-refractivity contribution in [1.29, 1.82) is 0 Å². The summed E-state index contributed by atoms with van der Waals surface area (Å²) in [5, 5.41) is 2.49. The largest absolute Gasteiger partial charge is 0.464 e. The van der Waals surface area contributed by atoms with Crippen molar-refractivity contribution in [2.45, 2.75) is 6.54 Å². The molecule has 8 heteroatoms. The summed E-state index contributed by atoms with van der Waals surface area (Å²) in [6, 6.07) is 10.2. The summed E-state index contributed by atoms with van der Waals surface area (Å²) in [4.78, 5) is 25.5. The lowest BCUT2D eigenvalue weighted by molar-refractivity contribution is 0.244. The number of nitrogens with zero attached hydrogens (tertiary/aromatic N) is 3. The molecule has 4 aromatic rings. The molecule has 1 aromatic carbocycles. The molecule has 5 rings (SSSR count). The number of hydrogen-bond acceptors (Lipinski definition) is 6. The van der Waals surface area contributed by atoms with Crippen LogP contribution in [0.25, 0.3) is 21.5 Å². The van der Waals surface area contributed by atoms with Gasteiger partial charge in [-0.05, 0) is 36.4 Å². The molecular weight excluding hydrogens is 391 g/mol. The number of hydrogen-bond donors (Lipinski definition) is 1. The number of halogens is 1. The third kappa shape index (κ3) is 3.56. The average molecular weight is 410 g/mol. The normalized spacial score (nSPS) is 15.3. The maximum atomic E-state index is 13.1. The maximum Gasteiger partial charge on any atom is 0.260 e. The highest BCUT2D eigenvalue weighted by molar-refractivity contribution is 7.17. The second-order valence-electron chi connectivity index (χ2n) is 7.06. The van der Waals surface area contributed by atoms with Gasteiger partial charge in [-0.25, -0.2) is 9.37 Å². The Hall–Kier alpha value is -2.97. The fourth-order valence-corrected chi connectivity index (χ4v) is 4.66. The Balaban J connectivity index is 1.30. The molecule has 0 radical (unpaired) electrons. The fourth-order valence-electron chi connectivity index (χ4n) is 3.71. The first-order valence-corrected chi connectivity index (χ1v) is 10.3. The molecule has 0 bridgehead atoms. The predicted molar refractivity (Wildman–Crippen MR) is 112 cm³/mol. The summed E-state index contributed by atoms with van der Waals surface area (Å²) >= 11 is 1.45. The Morgan fingerprint density at radius 2 is 1.93 bits per heavy atom. The van der Waals surface area contributed by atoms with E-state index < -0.39 is 0 Å². The van der Waals surface area contributed by atoms with E-state index in [1.807, 2.05) is 23.6 Å². The molecular formula is C21H19FN4O2S. The number of nitrogens with one attached hydrogen (secondary N) is 1. The smallest absolute Gasteiger partial charge is 0.260 e. The van der Waals surface area contributed by atoms with Crippen LogP contribution in [0.3, 0.4) is 0 Å². The maximum absolute atomic E-state index is 13.1. The summed E-state index contributed by atoms with van der Waals surface area (Å²) in [6.45, 7) is 3.98. The average Bonchev–Trinajstić information content (AvgIpc) is 3.39. The number of H-pyrrole nitrogens is 1. The zero-order chi connectivity index (χ0) is 19.8. The van der Waals surface area contributed by atoms with E-state index in [1.54, 1.807) is 12.3 Å². The van der Waals surface area contributed by atoms with Crippen molar-refractivity contribution in [2.75, 3.05) is 31.1 Å². The van der Waals surface area contributed by atoms with E-state index in [4.69, 9.17) is 4.42 Å². The van der Waals surface area contributed by atoms with Crippen LogP contribution in [-0.4, -0.2) is 41.0 Å².